The minimum Gasteiger partial charge on any atom is -0.325 e. The summed E-state index contributed by atoms with van der Waals surface area (Å²) in [6.07, 6.45) is 3.62. The zero-order valence-electron chi connectivity index (χ0n) is 10.3. The first-order chi connectivity index (χ1) is 7.15. The van der Waals surface area contributed by atoms with Gasteiger partial charge in [-0.3, -0.25) is 0 Å². The van der Waals surface area contributed by atoms with Crippen molar-refractivity contribution >= 4 is 6.03 Å². The van der Waals surface area contributed by atoms with Gasteiger partial charge < -0.3 is 9.80 Å². The summed E-state index contributed by atoms with van der Waals surface area (Å²) < 4.78 is 0. The van der Waals surface area contributed by atoms with E-state index in [0.29, 0.717) is 5.92 Å². The Kier molecular flexibility index (Phi) is 4.92. The van der Waals surface area contributed by atoms with Crippen LogP contribution in [0, 0.1) is 5.92 Å². The molecule has 0 unspecified atom stereocenters. The fraction of sp³-hybridized carbons (Fsp3) is 0.917. The molecule has 0 aromatic heterocycles. The van der Waals surface area contributed by atoms with E-state index in [-0.39, 0.29) is 6.03 Å². The average molecular weight is 212 g/mol. The summed E-state index contributed by atoms with van der Waals surface area (Å²) in [6, 6.07) is 0.242. The Morgan fingerprint density at radius 2 is 1.87 bits per heavy atom. The Labute approximate surface area is 93.4 Å². The summed E-state index contributed by atoms with van der Waals surface area (Å²) in [6.45, 7) is 9.99. The lowest BCUT2D eigenvalue weighted by Gasteiger charge is -2.33. The van der Waals surface area contributed by atoms with Gasteiger partial charge in [0.2, 0.25) is 0 Å². The molecule has 15 heavy (non-hydrogen) atoms. The number of urea groups is 1. The molecule has 2 amide bonds. The molecule has 1 aliphatic heterocycles. The Hall–Kier alpha value is -0.730. The van der Waals surface area contributed by atoms with Gasteiger partial charge in [0.1, 0.15) is 0 Å². The van der Waals surface area contributed by atoms with E-state index < -0.39 is 0 Å². The summed E-state index contributed by atoms with van der Waals surface area (Å²) >= 11 is 0. The van der Waals surface area contributed by atoms with Crippen LogP contribution in [0.15, 0.2) is 0 Å². The van der Waals surface area contributed by atoms with Crippen LogP contribution in [0.5, 0.6) is 0 Å². The van der Waals surface area contributed by atoms with Crippen molar-refractivity contribution < 1.29 is 4.79 Å². The molecule has 88 valence electrons. The van der Waals surface area contributed by atoms with Gasteiger partial charge in [0.15, 0.2) is 0 Å². The van der Waals surface area contributed by atoms with E-state index in [1.54, 1.807) is 0 Å². The SMILES string of the molecule is CCN(CC(C)C)C(=O)N1CCCCC1. The molecule has 3 heteroatoms. The standard InChI is InChI=1S/C12H24N2O/c1-4-13(10-11(2)3)12(15)14-8-6-5-7-9-14/h11H,4-10H2,1-3H3. The van der Waals surface area contributed by atoms with Crippen molar-refractivity contribution in [3.05, 3.63) is 0 Å². The topological polar surface area (TPSA) is 23.6 Å². The number of hydrogen-bond acceptors (Lipinski definition) is 1. The van der Waals surface area contributed by atoms with Crippen LogP contribution in [-0.2, 0) is 0 Å². The maximum absolute atomic E-state index is 12.1. The molecule has 1 aliphatic rings. The van der Waals surface area contributed by atoms with E-state index >= 15 is 0 Å². The number of carbonyl (C=O) groups excluding carboxylic acids is 1. The highest BCUT2D eigenvalue weighted by molar-refractivity contribution is 5.74. The maximum Gasteiger partial charge on any atom is 0.319 e. The predicted octanol–water partition coefficient (Wildman–Crippen LogP) is 2.57. The molecule has 0 atom stereocenters. The molecule has 1 heterocycles. The number of nitrogens with zero attached hydrogens (tertiary/aromatic N) is 2. The van der Waals surface area contributed by atoms with Crippen LogP contribution in [0.3, 0.4) is 0 Å². The van der Waals surface area contributed by atoms with Gasteiger partial charge in [-0.25, -0.2) is 4.79 Å². The van der Waals surface area contributed by atoms with Gasteiger partial charge >= 0.3 is 6.03 Å². The monoisotopic (exact) mass is 212 g/mol. The average Bonchev–Trinajstić information content (AvgIpc) is 2.26. The van der Waals surface area contributed by atoms with E-state index in [1.807, 2.05) is 9.80 Å². The van der Waals surface area contributed by atoms with Crippen LogP contribution in [0.25, 0.3) is 0 Å². The van der Waals surface area contributed by atoms with Crippen LogP contribution < -0.4 is 0 Å². The largest absolute Gasteiger partial charge is 0.325 e. The first-order valence-corrected chi connectivity index (χ1v) is 6.19. The highest BCUT2D eigenvalue weighted by Gasteiger charge is 2.21. The lowest BCUT2D eigenvalue weighted by atomic mass is 10.1. The number of hydrogen-bond donors (Lipinski definition) is 0. The third-order valence-electron chi connectivity index (χ3n) is 2.86. The molecule has 0 aliphatic carbocycles. The zero-order valence-corrected chi connectivity index (χ0v) is 10.3. The van der Waals surface area contributed by atoms with Gasteiger partial charge in [-0.15, -0.1) is 0 Å². The number of likely N-dealkylation sites (tertiary alicyclic amines) is 1. The minimum atomic E-state index is 0.242. The normalized spacial score (nSPS) is 16.9. The summed E-state index contributed by atoms with van der Waals surface area (Å²) in [5.41, 5.74) is 0. The second-order valence-corrected chi connectivity index (χ2v) is 4.76. The van der Waals surface area contributed by atoms with Gasteiger partial charge in [-0.1, -0.05) is 13.8 Å². The summed E-state index contributed by atoms with van der Waals surface area (Å²) in [5, 5.41) is 0. The highest BCUT2D eigenvalue weighted by Crippen LogP contribution is 2.12. The molecule has 0 saturated carbocycles. The Bertz CT molecular complexity index is 198. The summed E-state index contributed by atoms with van der Waals surface area (Å²) in [5.74, 6) is 0.554. The van der Waals surface area contributed by atoms with Crippen molar-refractivity contribution in [3.8, 4) is 0 Å². The second kappa shape index (κ2) is 5.99. The zero-order chi connectivity index (χ0) is 11.3. The molecule has 1 saturated heterocycles. The first kappa shape index (κ1) is 12.3. The van der Waals surface area contributed by atoms with Crippen molar-refractivity contribution in [2.24, 2.45) is 5.92 Å². The molecular formula is C12H24N2O. The highest BCUT2D eigenvalue weighted by atomic mass is 16.2. The molecule has 0 radical (unpaired) electrons. The van der Waals surface area contributed by atoms with Crippen molar-refractivity contribution in [1.82, 2.24) is 9.80 Å². The molecule has 0 N–H and O–H groups in total. The molecule has 0 aromatic carbocycles. The lowest BCUT2D eigenvalue weighted by molar-refractivity contribution is 0.140. The van der Waals surface area contributed by atoms with Crippen molar-refractivity contribution in [2.75, 3.05) is 26.2 Å². The maximum atomic E-state index is 12.1. The van der Waals surface area contributed by atoms with Crippen LogP contribution in [0.1, 0.15) is 40.0 Å². The van der Waals surface area contributed by atoms with Crippen LogP contribution in [-0.4, -0.2) is 42.0 Å². The fourth-order valence-electron chi connectivity index (χ4n) is 2.07. The van der Waals surface area contributed by atoms with Gasteiger partial charge in [-0.2, -0.15) is 0 Å². The van der Waals surface area contributed by atoms with E-state index in [0.717, 1.165) is 26.2 Å². The fourth-order valence-corrected chi connectivity index (χ4v) is 2.07. The second-order valence-electron chi connectivity index (χ2n) is 4.76. The van der Waals surface area contributed by atoms with E-state index in [9.17, 15) is 4.79 Å². The van der Waals surface area contributed by atoms with Crippen molar-refractivity contribution in [3.63, 3.8) is 0 Å². The molecule has 0 spiro atoms. The predicted molar refractivity (Wildman–Crippen MR) is 62.9 cm³/mol. The molecule has 0 aromatic rings. The summed E-state index contributed by atoms with van der Waals surface area (Å²) in [7, 11) is 0. The van der Waals surface area contributed by atoms with Crippen LogP contribution in [0.4, 0.5) is 4.79 Å². The minimum absolute atomic E-state index is 0.242. The third kappa shape index (κ3) is 3.73. The van der Waals surface area contributed by atoms with Gasteiger partial charge in [-0.05, 0) is 32.1 Å². The molecule has 1 fully saturated rings. The Balaban J connectivity index is 2.47. The molecule has 1 rings (SSSR count). The van der Waals surface area contributed by atoms with Crippen LogP contribution in [0.2, 0.25) is 0 Å². The van der Waals surface area contributed by atoms with Gasteiger partial charge in [0, 0.05) is 26.2 Å². The lowest BCUT2D eigenvalue weighted by Crippen LogP contribution is -2.46. The molecule has 3 nitrogen and oxygen atoms in total. The van der Waals surface area contributed by atoms with E-state index in [2.05, 4.69) is 20.8 Å². The Morgan fingerprint density at radius 3 is 2.33 bits per heavy atom. The smallest absolute Gasteiger partial charge is 0.319 e. The Morgan fingerprint density at radius 1 is 1.27 bits per heavy atom. The number of carbonyl (C=O) groups is 1. The van der Waals surface area contributed by atoms with E-state index in [4.69, 9.17) is 0 Å². The number of rotatable bonds is 3. The molecular weight excluding hydrogens is 188 g/mol. The first-order valence-electron chi connectivity index (χ1n) is 6.19. The van der Waals surface area contributed by atoms with Crippen molar-refractivity contribution in [2.45, 2.75) is 40.0 Å². The van der Waals surface area contributed by atoms with E-state index in [1.165, 1.54) is 19.3 Å². The van der Waals surface area contributed by atoms with Crippen molar-refractivity contribution in [1.29, 1.82) is 0 Å². The van der Waals surface area contributed by atoms with Gasteiger partial charge in [0.25, 0.3) is 0 Å². The number of piperidine rings is 1. The van der Waals surface area contributed by atoms with Crippen LogP contribution >= 0.6 is 0 Å². The molecule has 0 bridgehead atoms. The van der Waals surface area contributed by atoms with Gasteiger partial charge in [0.05, 0.1) is 0 Å². The number of amides is 2. The summed E-state index contributed by atoms with van der Waals surface area (Å²) in [4.78, 5) is 16.1. The third-order valence-corrected chi connectivity index (χ3v) is 2.86. The quantitative estimate of drug-likeness (QED) is 0.705.